The van der Waals surface area contributed by atoms with E-state index in [0.29, 0.717) is 6.04 Å². The predicted molar refractivity (Wildman–Crippen MR) is 95.1 cm³/mol. The topological polar surface area (TPSA) is 35.6 Å². The van der Waals surface area contributed by atoms with Gasteiger partial charge in [0, 0.05) is 32.2 Å². The Balaban J connectivity index is 1.51. The summed E-state index contributed by atoms with van der Waals surface area (Å²) in [5, 5.41) is 4.01. The molecule has 0 radical (unpaired) electrons. The Hall–Kier alpha value is -1.26. The molecule has 1 N–H and O–H groups in total. The fraction of sp³-hybridized carbons (Fsp3) is 0.611. The van der Waals surface area contributed by atoms with Gasteiger partial charge in [0.1, 0.15) is 0 Å². The van der Waals surface area contributed by atoms with Crippen LogP contribution in [-0.4, -0.2) is 49.1 Å². The van der Waals surface area contributed by atoms with E-state index in [1.807, 2.05) is 25.1 Å². The Morgan fingerprint density at radius 3 is 2.48 bits per heavy atom. The van der Waals surface area contributed by atoms with Crippen LogP contribution >= 0.6 is 11.6 Å². The maximum absolute atomic E-state index is 12.4. The van der Waals surface area contributed by atoms with Crippen molar-refractivity contribution in [3.63, 3.8) is 0 Å². The quantitative estimate of drug-likeness (QED) is 0.919. The van der Waals surface area contributed by atoms with Crippen LogP contribution in [0.4, 0.5) is 5.69 Å². The first-order chi connectivity index (χ1) is 11.1. The van der Waals surface area contributed by atoms with Crippen LogP contribution in [-0.2, 0) is 4.79 Å². The lowest BCUT2D eigenvalue weighted by Crippen LogP contribution is -2.54. The number of amides is 1. The molecule has 1 aromatic rings. The standard InChI is InChI=1S/C18H26ClN3O/c1-14(18(23)20-15-6-2-3-7-15)21-10-12-22(13-11-21)17-9-5-4-8-16(17)19/h4-5,8-9,14-15H,2-3,6-7,10-13H2,1H3,(H,20,23). The summed E-state index contributed by atoms with van der Waals surface area (Å²) < 4.78 is 0. The molecule has 126 valence electrons. The van der Waals surface area contributed by atoms with Crippen LogP contribution < -0.4 is 10.2 Å². The molecule has 1 saturated heterocycles. The summed E-state index contributed by atoms with van der Waals surface area (Å²) in [5.41, 5.74) is 1.09. The lowest BCUT2D eigenvalue weighted by Gasteiger charge is -2.39. The Morgan fingerprint density at radius 1 is 1.17 bits per heavy atom. The molecule has 2 aliphatic rings. The number of carbonyl (C=O) groups excluding carboxylic acids is 1. The van der Waals surface area contributed by atoms with Crippen molar-refractivity contribution in [2.45, 2.75) is 44.7 Å². The van der Waals surface area contributed by atoms with Crippen molar-refractivity contribution in [3.05, 3.63) is 29.3 Å². The van der Waals surface area contributed by atoms with Gasteiger partial charge in [-0.05, 0) is 31.9 Å². The third-order valence-corrected chi connectivity index (χ3v) is 5.46. The zero-order valence-corrected chi connectivity index (χ0v) is 14.6. The van der Waals surface area contributed by atoms with E-state index in [1.165, 1.54) is 12.8 Å². The number of carbonyl (C=O) groups is 1. The molecule has 1 amide bonds. The van der Waals surface area contributed by atoms with Gasteiger partial charge in [-0.3, -0.25) is 9.69 Å². The van der Waals surface area contributed by atoms with Crippen LogP contribution in [0.5, 0.6) is 0 Å². The fourth-order valence-corrected chi connectivity index (χ4v) is 3.87. The van der Waals surface area contributed by atoms with E-state index in [2.05, 4.69) is 21.2 Å². The molecule has 5 heteroatoms. The zero-order chi connectivity index (χ0) is 16.2. The van der Waals surface area contributed by atoms with E-state index >= 15 is 0 Å². The van der Waals surface area contributed by atoms with Crippen LogP contribution in [0.1, 0.15) is 32.6 Å². The number of hydrogen-bond donors (Lipinski definition) is 1. The first-order valence-electron chi connectivity index (χ1n) is 8.69. The molecule has 23 heavy (non-hydrogen) atoms. The molecule has 1 aromatic carbocycles. The second-order valence-corrected chi connectivity index (χ2v) is 7.05. The summed E-state index contributed by atoms with van der Waals surface area (Å²) >= 11 is 6.28. The maximum atomic E-state index is 12.4. The molecule has 1 saturated carbocycles. The van der Waals surface area contributed by atoms with E-state index in [0.717, 1.165) is 49.7 Å². The minimum atomic E-state index is -0.0519. The van der Waals surface area contributed by atoms with Crippen LogP contribution in [0, 0.1) is 0 Å². The van der Waals surface area contributed by atoms with E-state index in [9.17, 15) is 4.79 Å². The summed E-state index contributed by atoms with van der Waals surface area (Å²) in [6, 6.07) is 8.32. The highest BCUT2D eigenvalue weighted by molar-refractivity contribution is 6.33. The van der Waals surface area contributed by atoms with Gasteiger partial charge in [-0.2, -0.15) is 0 Å². The van der Waals surface area contributed by atoms with Gasteiger partial charge in [0.2, 0.25) is 5.91 Å². The third kappa shape index (κ3) is 3.99. The third-order valence-electron chi connectivity index (χ3n) is 5.14. The number of halogens is 1. The SMILES string of the molecule is CC(C(=O)NC1CCCC1)N1CCN(c2ccccc2Cl)CC1. The predicted octanol–water partition coefficient (Wildman–Crippen LogP) is 2.91. The average molecular weight is 336 g/mol. The number of hydrogen-bond acceptors (Lipinski definition) is 3. The van der Waals surface area contributed by atoms with Gasteiger partial charge in [0.15, 0.2) is 0 Å². The van der Waals surface area contributed by atoms with Crippen molar-refractivity contribution in [1.82, 2.24) is 10.2 Å². The lowest BCUT2D eigenvalue weighted by molar-refractivity contribution is -0.126. The zero-order valence-electron chi connectivity index (χ0n) is 13.8. The Morgan fingerprint density at radius 2 is 1.83 bits per heavy atom. The minimum Gasteiger partial charge on any atom is -0.368 e. The van der Waals surface area contributed by atoms with Gasteiger partial charge in [-0.25, -0.2) is 0 Å². The summed E-state index contributed by atoms with van der Waals surface area (Å²) in [6.07, 6.45) is 4.77. The second kappa shape index (κ2) is 7.54. The van der Waals surface area contributed by atoms with Crippen LogP contribution in [0.3, 0.4) is 0 Å². The summed E-state index contributed by atoms with van der Waals surface area (Å²) in [5.74, 6) is 0.183. The number of para-hydroxylation sites is 1. The van der Waals surface area contributed by atoms with Gasteiger partial charge in [-0.1, -0.05) is 36.6 Å². The molecule has 1 atom stereocenters. The first-order valence-corrected chi connectivity index (χ1v) is 9.07. The van der Waals surface area contributed by atoms with Crippen LogP contribution in [0.25, 0.3) is 0 Å². The smallest absolute Gasteiger partial charge is 0.237 e. The normalized spacial score (nSPS) is 21.4. The molecule has 3 rings (SSSR count). The molecular formula is C18H26ClN3O. The van der Waals surface area contributed by atoms with Gasteiger partial charge in [0.05, 0.1) is 16.8 Å². The van der Waals surface area contributed by atoms with Crippen LogP contribution in [0.2, 0.25) is 5.02 Å². The van der Waals surface area contributed by atoms with Crippen molar-refractivity contribution >= 4 is 23.2 Å². The lowest BCUT2D eigenvalue weighted by atomic mass is 10.1. The minimum absolute atomic E-state index is 0.0519. The maximum Gasteiger partial charge on any atom is 0.237 e. The van der Waals surface area contributed by atoms with Crippen molar-refractivity contribution in [1.29, 1.82) is 0 Å². The van der Waals surface area contributed by atoms with Crippen molar-refractivity contribution in [3.8, 4) is 0 Å². The van der Waals surface area contributed by atoms with Crippen molar-refractivity contribution in [2.24, 2.45) is 0 Å². The Kier molecular flexibility index (Phi) is 5.44. The number of nitrogens with zero attached hydrogens (tertiary/aromatic N) is 2. The van der Waals surface area contributed by atoms with Crippen LogP contribution in [0.15, 0.2) is 24.3 Å². The molecule has 4 nitrogen and oxygen atoms in total. The van der Waals surface area contributed by atoms with Gasteiger partial charge in [-0.15, -0.1) is 0 Å². The number of rotatable bonds is 4. The Labute approximate surface area is 143 Å². The summed E-state index contributed by atoms with van der Waals surface area (Å²) in [4.78, 5) is 17.0. The van der Waals surface area contributed by atoms with E-state index in [-0.39, 0.29) is 11.9 Å². The molecule has 0 spiro atoms. The monoisotopic (exact) mass is 335 g/mol. The molecule has 2 fully saturated rings. The molecule has 1 unspecified atom stereocenters. The molecular weight excluding hydrogens is 310 g/mol. The molecule has 0 bridgehead atoms. The van der Waals surface area contributed by atoms with Gasteiger partial charge >= 0.3 is 0 Å². The fourth-order valence-electron chi connectivity index (χ4n) is 3.62. The highest BCUT2D eigenvalue weighted by Crippen LogP contribution is 2.26. The average Bonchev–Trinajstić information content (AvgIpc) is 3.08. The molecule has 1 heterocycles. The van der Waals surface area contributed by atoms with E-state index < -0.39 is 0 Å². The number of nitrogens with one attached hydrogen (secondary N) is 1. The van der Waals surface area contributed by atoms with E-state index in [4.69, 9.17) is 11.6 Å². The second-order valence-electron chi connectivity index (χ2n) is 6.64. The van der Waals surface area contributed by atoms with Crippen molar-refractivity contribution < 1.29 is 4.79 Å². The van der Waals surface area contributed by atoms with E-state index in [1.54, 1.807) is 0 Å². The van der Waals surface area contributed by atoms with Gasteiger partial charge in [0.25, 0.3) is 0 Å². The highest BCUT2D eigenvalue weighted by Gasteiger charge is 2.28. The first kappa shape index (κ1) is 16.6. The summed E-state index contributed by atoms with van der Waals surface area (Å²) in [6.45, 7) is 5.62. The Bertz CT molecular complexity index is 537. The highest BCUT2D eigenvalue weighted by atomic mass is 35.5. The summed E-state index contributed by atoms with van der Waals surface area (Å²) in [7, 11) is 0. The number of benzene rings is 1. The van der Waals surface area contributed by atoms with Gasteiger partial charge < -0.3 is 10.2 Å². The largest absolute Gasteiger partial charge is 0.368 e. The molecule has 1 aliphatic heterocycles. The number of piperazine rings is 1. The molecule has 1 aliphatic carbocycles. The molecule has 0 aromatic heterocycles. The van der Waals surface area contributed by atoms with Crippen molar-refractivity contribution in [2.75, 3.05) is 31.1 Å². The number of anilines is 1.